The first-order valence-electron chi connectivity index (χ1n) is 34.0. The number of rotatable bonds is 27. The van der Waals surface area contributed by atoms with Gasteiger partial charge in [-0.2, -0.15) is 0 Å². The van der Waals surface area contributed by atoms with Crippen LogP contribution < -0.4 is 16.4 Å². The Kier molecular flexibility index (Phi) is 23.6. The first-order valence-corrected chi connectivity index (χ1v) is 34.0. The SMILES string of the molecule is CC(C)(N)C(=O)C[C@H](COCc1ccccc1)C(=O)N[C@H](CC1=CCc2ccccc21)c1ncc(-c2ccccc2)[nH]1.CCC.O=C(C[C@H](COCc1ccccc1)C(=O)N[C@H](CC1=CCc2ccccc21)c1ncc(-c2ccccc2)[nH]1)OCC1c2ccccc2-c2ccccc21. The molecule has 0 saturated heterocycles. The van der Waals surface area contributed by atoms with Crippen molar-refractivity contribution in [3.8, 4) is 33.6 Å². The zero-order valence-electron chi connectivity index (χ0n) is 56.3. The Morgan fingerprint density at radius 2 is 0.888 bits per heavy atom. The van der Waals surface area contributed by atoms with Crippen molar-refractivity contribution in [1.29, 1.82) is 0 Å². The maximum Gasteiger partial charge on any atom is 0.306 e. The van der Waals surface area contributed by atoms with Gasteiger partial charge in [0.25, 0.3) is 0 Å². The van der Waals surface area contributed by atoms with E-state index in [1.807, 2.05) is 164 Å². The van der Waals surface area contributed by atoms with Crippen LogP contribution in [0.15, 0.2) is 243 Å². The van der Waals surface area contributed by atoms with Crippen LogP contribution in [-0.2, 0) is 59.4 Å². The van der Waals surface area contributed by atoms with Crippen LogP contribution in [0.5, 0.6) is 0 Å². The maximum atomic E-state index is 14.3. The summed E-state index contributed by atoms with van der Waals surface area (Å²) >= 11 is 0. The molecule has 2 aromatic heterocycles. The topological polar surface area (TPSA) is 203 Å². The van der Waals surface area contributed by atoms with Crippen LogP contribution in [0.25, 0.3) is 44.8 Å². The molecule has 0 spiro atoms. The predicted octanol–water partition coefficient (Wildman–Crippen LogP) is 16.1. The Morgan fingerprint density at radius 1 is 0.510 bits per heavy atom. The van der Waals surface area contributed by atoms with Crippen molar-refractivity contribution in [2.24, 2.45) is 17.6 Å². The van der Waals surface area contributed by atoms with E-state index in [0.717, 1.165) is 79.9 Å². The van der Waals surface area contributed by atoms with E-state index in [-0.39, 0.29) is 56.2 Å². The van der Waals surface area contributed by atoms with Crippen molar-refractivity contribution in [2.75, 3.05) is 19.8 Å². The fourth-order valence-electron chi connectivity index (χ4n) is 12.7. The second kappa shape index (κ2) is 33.5. The number of aromatic nitrogens is 4. The number of benzene rings is 8. The van der Waals surface area contributed by atoms with Gasteiger partial charge in [-0.15, -0.1) is 0 Å². The lowest BCUT2D eigenvalue weighted by Gasteiger charge is -2.24. The number of carbonyl (C=O) groups excluding carboxylic acids is 4. The number of imidazole rings is 2. The lowest BCUT2D eigenvalue weighted by atomic mass is 9.91. The highest BCUT2D eigenvalue weighted by molar-refractivity contribution is 5.92. The number of fused-ring (bicyclic) bond motifs is 5. The normalized spacial score (nSPS) is 13.8. The van der Waals surface area contributed by atoms with Gasteiger partial charge in [-0.05, 0) is 105 Å². The number of aromatic amines is 2. The first-order chi connectivity index (χ1) is 47.8. The summed E-state index contributed by atoms with van der Waals surface area (Å²) in [7, 11) is 0. The van der Waals surface area contributed by atoms with E-state index in [4.69, 9.17) is 24.9 Å². The van der Waals surface area contributed by atoms with E-state index in [9.17, 15) is 19.2 Å². The molecule has 98 heavy (non-hydrogen) atoms. The van der Waals surface area contributed by atoms with Gasteiger partial charge in [-0.3, -0.25) is 19.2 Å². The van der Waals surface area contributed by atoms with Gasteiger partial charge < -0.3 is 40.5 Å². The van der Waals surface area contributed by atoms with Crippen molar-refractivity contribution >= 4 is 34.7 Å². The monoisotopic (exact) mass is 1310 g/mol. The van der Waals surface area contributed by atoms with Crippen LogP contribution in [0, 0.1) is 11.8 Å². The van der Waals surface area contributed by atoms with Crippen molar-refractivity contribution in [1.82, 2.24) is 30.6 Å². The number of ketones is 1. The molecular weight excluding hydrogens is 1220 g/mol. The number of nitrogens with one attached hydrogen (secondary N) is 4. The average Bonchev–Trinajstić information content (AvgIpc) is 1.62. The zero-order valence-corrected chi connectivity index (χ0v) is 56.3. The fourth-order valence-corrected chi connectivity index (χ4v) is 12.7. The molecule has 13 rings (SSSR count). The van der Waals surface area contributed by atoms with Crippen molar-refractivity contribution in [3.05, 3.63) is 299 Å². The lowest BCUT2D eigenvalue weighted by molar-refractivity contribution is -0.148. The molecule has 8 aromatic carbocycles. The Hall–Kier alpha value is -10.4. The van der Waals surface area contributed by atoms with Crippen molar-refractivity contribution < 1.29 is 33.4 Å². The number of amides is 2. The third-order valence-electron chi connectivity index (χ3n) is 17.9. The van der Waals surface area contributed by atoms with Gasteiger partial charge in [0, 0.05) is 25.2 Å². The van der Waals surface area contributed by atoms with Gasteiger partial charge in [-0.1, -0.05) is 251 Å². The summed E-state index contributed by atoms with van der Waals surface area (Å²) in [4.78, 5) is 71.1. The van der Waals surface area contributed by atoms with Gasteiger partial charge in [0.15, 0.2) is 5.78 Å². The molecule has 0 saturated carbocycles. The van der Waals surface area contributed by atoms with Crippen LogP contribution >= 0.6 is 0 Å². The number of carbonyl (C=O) groups is 4. The van der Waals surface area contributed by atoms with Gasteiger partial charge >= 0.3 is 5.97 Å². The molecule has 10 aromatic rings. The number of nitrogens with two attached hydrogens (primary N) is 1. The van der Waals surface area contributed by atoms with Gasteiger partial charge in [0.1, 0.15) is 18.3 Å². The van der Waals surface area contributed by atoms with E-state index >= 15 is 0 Å². The third kappa shape index (κ3) is 18.0. The van der Waals surface area contributed by atoms with Crippen LogP contribution in [0.2, 0.25) is 0 Å². The smallest absolute Gasteiger partial charge is 0.306 e. The molecule has 14 nitrogen and oxygen atoms in total. The summed E-state index contributed by atoms with van der Waals surface area (Å²) in [6.45, 7) is 8.57. The van der Waals surface area contributed by atoms with E-state index in [1.54, 1.807) is 26.2 Å². The molecule has 14 heteroatoms. The maximum absolute atomic E-state index is 14.3. The lowest BCUT2D eigenvalue weighted by Crippen LogP contribution is -2.45. The highest BCUT2D eigenvalue weighted by atomic mass is 16.5. The first kappa shape index (κ1) is 69.0. The summed E-state index contributed by atoms with van der Waals surface area (Å²) in [6.07, 6.45) is 11.9. The average molecular weight is 1310 g/mol. The standard InChI is InChI=1S/C46H41N3O4.C35H38N4O3.C3H8/c50-44(53-30-41-39-21-11-9-19-37(39)38-20-10-12-22-40(38)41)26-35(29-52-28-31-13-3-1-4-14-31)46(51)49-42(25-34-24-23-32-15-7-8-18-36(32)34)45-47-27-43(48-45)33-16-5-2-6-17-33;1-35(2,36)32(40)20-28(23-42-22-24-11-5-3-6-12-24)34(41)39-30(19-27-18-17-25-13-9-10-16-29(25)27)33-37-21-31(38-33)26-14-7-4-8-15-26;1-3-2/h1-22,24,27,35,41-42H,23,25-26,28-30H2,(H,47,48)(H,49,51);3-16,18,21,28,30H,17,19-20,22-23,36H2,1-2H3,(H,37,38)(H,39,41);3H2,1-2H3/t35-,42-;28-,30-;/m11./s1. The van der Waals surface area contributed by atoms with Crippen LogP contribution in [0.3, 0.4) is 0 Å². The number of esters is 1. The largest absolute Gasteiger partial charge is 0.465 e. The minimum Gasteiger partial charge on any atom is -0.465 e. The molecule has 6 N–H and O–H groups in total. The van der Waals surface area contributed by atoms with Crippen LogP contribution in [0.4, 0.5) is 0 Å². The van der Waals surface area contributed by atoms with Crippen LogP contribution in [-0.4, -0.2) is 68.9 Å². The minimum atomic E-state index is -1.05. The van der Waals surface area contributed by atoms with Crippen LogP contribution in [0.1, 0.15) is 134 Å². The quantitative estimate of drug-likeness (QED) is 0.0308. The molecule has 0 fully saturated rings. The Bertz CT molecular complexity index is 4300. The number of H-pyrrole nitrogens is 2. The minimum absolute atomic E-state index is 0.0181. The molecule has 4 atom stereocenters. The van der Waals surface area contributed by atoms with Gasteiger partial charge in [-0.25, -0.2) is 9.97 Å². The second-order valence-electron chi connectivity index (χ2n) is 25.9. The third-order valence-corrected chi connectivity index (χ3v) is 17.9. The predicted molar refractivity (Wildman–Crippen MR) is 388 cm³/mol. The Balaban J connectivity index is 0.000000196. The fraction of sp³-hybridized carbons (Fsp3) is 0.262. The van der Waals surface area contributed by atoms with Gasteiger partial charge in [0.05, 0.1) is 86.1 Å². The molecule has 2 amide bonds. The Morgan fingerprint density at radius 3 is 1.32 bits per heavy atom. The molecule has 0 aliphatic heterocycles. The number of allylic oxidation sites excluding steroid dienone is 2. The van der Waals surface area contributed by atoms with Gasteiger partial charge in [0.2, 0.25) is 11.8 Å². The number of ether oxygens (including phenoxy) is 3. The zero-order chi connectivity index (χ0) is 68.2. The molecule has 0 unspecified atom stereocenters. The van der Waals surface area contributed by atoms with E-state index in [1.165, 1.54) is 28.7 Å². The summed E-state index contributed by atoms with van der Waals surface area (Å²) in [5.41, 5.74) is 22.6. The summed E-state index contributed by atoms with van der Waals surface area (Å²) in [5.74, 6) is -1.46. The summed E-state index contributed by atoms with van der Waals surface area (Å²) in [6, 6.07) is 71.8. The highest BCUT2D eigenvalue weighted by Crippen LogP contribution is 2.45. The number of Topliss-reactive ketones (excluding diaryl/α,β-unsaturated/α-hetero) is 1. The Labute approximate surface area is 575 Å². The molecule has 500 valence electrons. The van der Waals surface area contributed by atoms with Crippen molar-refractivity contribution in [3.63, 3.8) is 0 Å². The number of nitrogens with zero attached hydrogens (tertiary/aromatic N) is 2. The van der Waals surface area contributed by atoms with E-state index in [2.05, 4.69) is 106 Å². The molecule has 2 heterocycles. The van der Waals surface area contributed by atoms with E-state index in [0.29, 0.717) is 37.7 Å². The molecule has 0 bridgehead atoms. The number of hydrogen-bond donors (Lipinski definition) is 5. The second-order valence-corrected chi connectivity index (χ2v) is 25.9. The highest BCUT2D eigenvalue weighted by Gasteiger charge is 2.34. The molecule has 0 radical (unpaired) electrons. The number of hydrogen-bond acceptors (Lipinski definition) is 10. The molecule has 3 aliphatic carbocycles. The van der Waals surface area contributed by atoms with E-state index < -0.39 is 35.4 Å². The molecular formula is C84H87N7O7. The summed E-state index contributed by atoms with van der Waals surface area (Å²) in [5, 5.41) is 6.49. The molecule has 3 aliphatic rings. The summed E-state index contributed by atoms with van der Waals surface area (Å²) < 4.78 is 18.0. The van der Waals surface area contributed by atoms with Crippen molar-refractivity contribution in [2.45, 2.75) is 109 Å².